The predicted octanol–water partition coefficient (Wildman–Crippen LogP) is 2.56. The molecule has 2 bridgehead atoms. The van der Waals surface area contributed by atoms with E-state index in [2.05, 4.69) is 26.3 Å². The standard InChI is InChI=1S/C35H43F2N7O5S/c1-20(2)30-33(48)39-22(4)35(49)43(5)13-14-44(17-24-11-12-25(36)16-26(24)37)18-29(45)40-27(15-23-9-7-6-8-10-23)34-41-28(19-50-34)32(47)38-21(3)31(46)42-30/h6-12,16,19-22,27,30H,13-15,17-18H2,1-5H3,(H,38,47)(H,39,48)(H,40,45)(H,42,46)/t21-,22+,27-,30-/m0/s1. The molecule has 1 aliphatic rings. The van der Waals surface area contributed by atoms with Gasteiger partial charge >= 0.3 is 0 Å². The second kappa shape index (κ2) is 17.3. The maximum Gasteiger partial charge on any atom is 0.271 e. The highest BCUT2D eigenvalue weighted by atomic mass is 32.1. The fraction of sp³-hybridized carbons (Fsp3) is 0.429. The number of halogens is 2. The van der Waals surface area contributed by atoms with Gasteiger partial charge in [-0.1, -0.05) is 50.2 Å². The van der Waals surface area contributed by atoms with Crippen molar-refractivity contribution >= 4 is 40.9 Å². The molecule has 0 saturated carbocycles. The quantitative estimate of drug-likeness (QED) is 0.318. The largest absolute Gasteiger partial charge is 0.345 e. The van der Waals surface area contributed by atoms with Gasteiger partial charge in [0.25, 0.3) is 5.91 Å². The maximum atomic E-state index is 14.7. The number of rotatable bonds is 5. The molecule has 3 aromatic rings. The van der Waals surface area contributed by atoms with Crippen molar-refractivity contribution in [1.82, 2.24) is 36.1 Å². The summed E-state index contributed by atoms with van der Waals surface area (Å²) in [4.78, 5) is 74.0. The molecule has 4 atom stereocenters. The molecule has 0 spiro atoms. The van der Waals surface area contributed by atoms with Gasteiger partial charge in [-0.2, -0.15) is 0 Å². The molecular weight excluding hydrogens is 668 g/mol. The fourth-order valence-electron chi connectivity index (χ4n) is 5.40. The van der Waals surface area contributed by atoms with E-state index >= 15 is 0 Å². The molecule has 0 radical (unpaired) electrons. The number of fused-ring (bicyclic) bond motifs is 2. The van der Waals surface area contributed by atoms with Crippen molar-refractivity contribution in [2.45, 2.75) is 64.8 Å². The van der Waals surface area contributed by atoms with E-state index in [0.717, 1.165) is 17.7 Å². The van der Waals surface area contributed by atoms with Gasteiger partial charge in [0, 0.05) is 43.7 Å². The number of aromatic nitrogens is 1. The third-order valence-corrected chi connectivity index (χ3v) is 9.25. The number of amides is 5. The number of benzene rings is 2. The molecular formula is C35H43F2N7O5S. The van der Waals surface area contributed by atoms with Crippen LogP contribution in [0.2, 0.25) is 0 Å². The zero-order valence-corrected chi connectivity index (χ0v) is 29.5. The molecule has 268 valence electrons. The summed E-state index contributed by atoms with van der Waals surface area (Å²) in [7, 11) is 1.54. The van der Waals surface area contributed by atoms with Crippen molar-refractivity contribution in [2.24, 2.45) is 5.92 Å². The van der Waals surface area contributed by atoms with Crippen molar-refractivity contribution in [3.63, 3.8) is 0 Å². The summed E-state index contributed by atoms with van der Waals surface area (Å²) >= 11 is 1.17. The number of hydrogen-bond donors (Lipinski definition) is 4. The molecule has 1 aliphatic heterocycles. The molecule has 0 fully saturated rings. The Hall–Kier alpha value is -4.76. The number of likely N-dealkylation sites (N-methyl/N-ethyl adjacent to an activating group) is 1. The Bertz CT molecular complexity index is 1690. The third-order valence-electron chi connectivity index (χ3n) is 8.29. The average molecular weight is 712 g/mol. The first-order valence-electron chi connectivity index (χ1n) is 16.3. The summed E-state index contributed by atoms with van der Waals surface area (Å²) < 4.78 is 28.4. The van der Waals surface area contributed by atoms with Crippen LogP contribution in [0.15, 0.2) is 53.9 Å². The van der Waals surface area contributed by atoms with E-state index in [1.165, 1.54) is 41.5 Å². The molecule has 12 nitrogen and oxygen atoms in total. The molecule has 4 rings (SSSR count). The van der Waals surface area contributed by atoms with Gasteiger partial charge in [0.2, 0.25) is 23.6 Å². The highest BCUT2D eigenvalue weighted by Gasteiger charge is 2.31. The van der Waals surface area contributed by atoms with Crippen molar-refractivity contribution in [3.05, 3.63) is 87.4 Å². The smallest absolute Gasteiger partial charge is 0.271 e. The van der Waals surface area contributed by atoms with Gasteiger partial charge in [-0.15, -0.1) is 11.3 Å². The second-order valence-electron chi connectivity index (χ2n) is 12.7. The molecule has 5 amide bonds. The number of nitrogens with zero attached hydrogens (tertiary/aromatic N) is 3. The van der Waals surface area contributed by atoms with Crippen molar-refractivity contribution in [1.29, 1.82) is 0 Å². The van der Waals surface area contributed by atoms with Gasteiger partial charge in [0.1, 0.15) is 40.5 Å². The second-order valence-corrected chi connectivity index (χ2v) is 13.6. The van der Waals surface area contributed by atoms with E-state index in [4.69, 9.17) is 0 Å². The minimum absolute atomic E-state index is 0.0461. The van der Waals surface area contributed by atoms with E-state index in [1.54, 1.807) is 25.8 Å². The Morgan fingerprint density at radius 1 is 0.900 bits per heavy atom. The molecule has 0 saturated heterocycles. The fourth-order valence-corrected chi connectivity index (χ4v) is 6.25. The lowest BCUT2D eigenvalue weighted by Crippen LogP contribution is -2.57. The zero-order valence-electron chi connectivity index (χ0n) is 28.7. The van der Waals surface area contributed by atoms with Crippen LogP contribution in [-0.4, -0.2) is 89.1 Å². The number of hydrogen-bond acceptors (Lipinski definition) is 8. The zero-order chi connectivity index (χ0) is 36.5. The number of thiazole rings is 1. The van der Waals surface area contributed by atoms with Crippen LogP contribution in [0.3, 0.4) is 0 Å². The monoisotopic (exact) mass is 711 g/mol. The summed E-state index contributed by atoms with van der Waals surface area (Å²) in [5, 5.41) is 12.9. The Morgan fingerprint density at radius 3 is 2.30 bits per heavy atom. The van der Waals surface area contributed by atoms with E-state index in [1.807, 2.05) is 30.3 Å². The van der Waals surface area contributed by atoms with Gasteiger partial charge in [-0.3, -0.25) is 28.9 Å². The number of nitrogens with one attached hydrogen (secondary N) is 4. The van der Waals surface area contributed by atoms with Crippen LogP contribution in [0.25, 0.3) is 0 Å². The van der Waals surface area contributed by atoms with Crippen LogP contribution in [-0.2, 0) is 32.1 Å². The summed E-state index contributed by atoms with van der Waals surface area (Å²) in [5.41, 5.74) is 1.11. The lowest BCUT2D eigenvalue weighted by atomic mass is 10.0. The highest BCUT2D eigenvalue weighted by Crippen LogP contribution is 2.23. The Morgan fingerprint density at radius 2 is 1.62 bits per heavy atom. The van der Waals surface area contributed by atoms with Crippen molar-refractivity contribution in [2.75, 3.05) is 26.7 Å². The minimum atomic E-state index is -1.03. The van der Waals surface area contributed by atoms with Gasteiger partial charge in [0.15, 0.2) is 0 Å². The Kier molecular flexibility index (Phi) is 13.1. The molecule has 2 heterocycles. The first-order valence-corrected chi connectivity index (χ1v) is 17.2. The lowest BCUT2D eigenvalue weighted by Gasteiger charge is -2.29. The van der Waals surface area contributed by atoms with Gasteiger partial charge in [-0.25, -0.2) is 13.8 Å². The molecule has 50 heavy (non-hydrogen) atoms. The molecule has 4 N–H and O–H groups in total. The first kappa shape index (κ1) is 38.0. The summed E-state index contributed by atoms with van der Waals surface area (Å²) in [5.74, 6) is -4.52. The van der Waals surface area contributed by atoms with Crippen molar-refractivity contribution in [3.8, 4) is 0 Å². The Balaban J connectivity index is 1.67. The third kappa shape index (κ3) is 10.4. The lowest BCUT2D eigenvalue weighted by molar-refractivity contribution is -0.136. The molecule has 2 aromatic carbocycles. The SMILES string of the molecule is CC(C)[C@@H]1NC(=O)[C@H](C)NC(=O)c2csc(n2)[C@H](Cc2ccccc2)NC(=O)CN(Cc2ccc(F)cc2F)CCN(C)C(=O)[C@@H](C)NC1=O. The van der Waals surface area contributed by atoms with E-state index in [-0.39, 0.29) is 43.4 Å². The van der Waals surface area contributed by atoms with Crippen LogP contribution < -0.4 is 21.3 Å². The van der Waals surface area contributed by atoms with E-state index in [0.29, 0.717) is 11.4 Å². The highest BCUT2D eigenvalue weighted by molar-refractivity contribution is 7.09. The molecule has 0 unspecified atom stereocenters. The van der Waals surface area contributed by atoms with Gasteiger partial charge in [-0.05, 0) is 37.8 Å². The predicted molar refractivity (Wildman–Crippen MR) is 184 cm³/mol. The number of carbonyl (C=O) groups excluding carboxylic acids is 5. The van der Waals surface area contributed by atoms with Crippen LogP contribution >= 0.6 is 11.3 Å². The van der Waals surface area contributed by atoms with Crippen molar-refractivity contribution < 1.29 is 32.8 Å². The van der Waals surface area contributed by atoms with E-state index < -0.39 is 65.3 Å². The average Bonchev–Trinajstić information content (AvgIpc) is 3.57. The normalized spacial score (nSPS) is 22.3. The Labute approximate surface area is 294 Å². The van der Waals surface area contributed by atoms with Crippen LogP contribution in [0, 0.1) is 17.6 Å². The van der Waals surface area contributed by atoms with Gasteiger partial charge < -0.3 is 26.2 Å². The summed E-state index contributed by atoms with van der Waals surface area (Å²) in [6, 6.07) is 8.95. The topological polar surface area (TPSA) is 153 Å². The van der Waals surface area contributed by atoms with Crippen LogP contribution in [0.1, 0.15) is 60.4 Å². The molecule has 0 aliphatic carbocycles. The molecule has 15 heteroatoms. The van der Waals surface area contributed by atoms with E-state index in [9.17, 15) is 32.8 Å². The minimum Gasteiger partial charge on any atom is -0.345 e. The number of carbonyl (C=O) groups is 5. The summed E-state index contributed by atoms with van der Waals surface area (Å²) in [6.07, 6.45) is 0.347. The maximum absolute atomic E-state index is 14.7. The van der Waals surface area contributed by atoms with Crippen LogP contribution in [0.4, 0.5) is 8.78 Å². The first-order chi connectivity index (χ1) is 23.7. The molecule has 1 aromatic heterocycles. The van der Waals surface area contributed by atoms with Gasteiger partial charge in [0.05, 0.1) is 12.6 Å². The van der Waals surface area contributed by atoms with Crippen LogP contribution in [0.5, 0.6) is 0 Å². The summed E-state index contributed by atoms with van der Waals surface area (Å²) in [6.45, 7) is 6.43.